The summed E-state index contributed by atoms with van der Waals surface area (Å²) >= 11 is 1.32. The molecule has 0 spiro atoms. The van der Waals surface area contributed by atoms with Crippen molar-refractivity contribution in [3.63, 3.8) is 0 Å². The van der Waals surface area contributed by atoms with Gasteiger partial charge in [-0.15, -0.1) is 24.5 Å². The Morgan fingerprint density at radius 3 is 2.67 bits per heavy atom. The van der Waals surface area contributed by atoms with Crippen LogP contribution in [-0.2, 0) is 6.54 Å². The van der Waals surface area contributed by atoms with Crippen molar-refractivity contribution in [1.82, 2.24) is 9.88 Å². The van der Waals surface area contributed by atoms with Crippen molar-refractivity contribution in [3.05, 3.63) is 46.4 Å². The predicted octanol–water partition coefficient (Wildman–Crippen LogP) is 3.95. The Hall–Kier alpha value is -2.13. The van der Waals surface area contributed by atoms with Crippen LogP contribution < -0.4 is 10.5 Å². The number of halogens is 3. The fraction of sp³-hybridized carbons (Fsp3) is 0.444. The van der Waals surface area contributed by atoms with Gasteiger partial charge in [0.2, 0.25) is 0 Å². The molecule has 0 radical (unpaired) electrons. The van der Waals surface area contributed by atoms with Crippen LogP contribution in [0.15, 0.2) is 35.2 Å². The molecule has 0 aliphatic heterocycles. The number of benzene rings is 1. The normalized spacial score (nSPS) is 20.3. The average molecular weight is 399 g/mol. The van der Waals surface area contributed by atoms with Crippen molar-refractivity contribution in [2.45, 2.75) is 50.7 Å². The fourth-order valence-corrected chi connectivity index (χ4v) is 3.81. The van der Waals surface area contributed by atoms with Crippen LogP contribution in [0.1, 0.15) is 41.7 Å². The maximum absolute atomic E-state index is 12.9. The second-order valence-electron chi connectivity index (χ2n) is 6.57. The summed E-state index contributed by atoms with van der Waals surface area (Å²) in [5.74, 6) is -0.523. The van der Waals surface area contributed by atoms with Crippen molar-refractivity contribution in [1.29, 1.82) is 0 Å². The van der Waals surface area contributed by atoms with Crippen molar-refractivity contribution in [2.75, 3.05) is 0 Å². The molecular weight excluding hydrogens is 379 g/mol. The number of carbonyl (C=O) groups excluding carboxylic acids is 1. The number of amides is 1. The van der Waals surface area contributed by atoms with Crippen LogP contribution in [0.2, 0.25) is 0 Å². The van der Waals surface area contributed by atoms with E-state index in [-0.39, 0.29) is 30.3 Å². The highest BCUT2D eigenvalue weighted by molar-refractivity contribution is 7.07. The third-order valence-electron chi connectivity index (χ3n) is 4.58. The van der Waals surface area contributed by atoms with E-state index in [1.807, 2.05) is 0 Å². The molecule has 0 bridgehead atoms. The van der Waals surface area contributed by atoms with Crippen LogP contribution in [0.25, 0.3) is 0 Å². The zero-order chi connectivity index (χ0) is 19.4. The molecule has 1 saturated carbocycles. The number of alkyl halides is 3. The lowest BCUT2D eigenvalue weighted by Gasteiger charge is -2.36. The van der Waals surface area contributed by atoms with Gasteiger partial charge in [-0.05, 0) is 43.4 Å². The second-order valence-corrected chi connectivity index (χ2v) is 7.29. The average Bonchev–Trinajstić information content (AvgIpc) is 3.13. The number of thiazole rings is 1. The maximum atomic E-state index is 12.9. The number of carbonyl (C=O) groups is 1. The van der Waals surface area contributed by atoms with E-state index in [1.54, 1.807) is 21.9 Å². The molecule has 0 saturated heterocycles. The molecule has 1 aliphatic rings. The summed E-state index contributed by atoms with van der Waals surface area (Å²) in [6, 6.07) is 5.82. The molecule has 1 aliphatic carbocycles. The van der Waals surface area contributed by atoms with Crippen molar-refractivity contribution < 1.29 is 22.7 Å². The molecule has 27 heavy (non-hydrogen) atoms. The molecule has 3 rings (SSSR count). The molecule has 1 amide bonds. The number of hydrogen-bond donors (Lipinski definition) is 1. The molecule has 2 aromatic rings. The lowest BCUT2D eigenvalue weighted by atomic mass is 9.90. The van der Waals surface area contributed by atoms with Gasteiger partial charge in [-0.2, -0.15) is 0 Å². The molecule has 1 aromatic heterocycles. The number of ether oxygens (including phenoxy) is 1. The summed E-state index contributed by atoms with van der Waals surface area (Å²) in [5.41, 5.74) is 8.46. The largest absolute Gasteiger partial charge is 0.573 e. The summed E-state index contributed by atoms with van der Waals surface area (Å²) in [4.78, 5) is 18.7. The fourth-order valence-electron chi connectivity index (χ4n) is 3.28. The van der Waals surface area contributed by atoms with E-state index in [0.717, 1.165) is 25.7 Å². The summed E-state index contributed by atoms with van der Waals surface area (Å²) in [6.07, 6.45) is -1.62. The van der Waals surface area contributed by atoms with Gasteiger partial charge in [-0.25, -0.2) is 4.98 Å². The minimum Gasteiger partial charge on any atom is -0.406 e. The van der Waals surface area contributed by atoms with E-state index in [2.05, 4.69) is 9.72 Å². The highest BCUT2D eigenvalue weighted by Gasteiger charge is 2.32. The lowest BCUT2D eigenvalue weighted by molar-refractivity contribution is -0.274. The molecule has 9 heteroatoms. The van der Waals surface area contributed by atoms with Crippen molar-refractivity contribution in [2.24, 2.45) is 5.73 Å². The van der Waals surface area contributed by atoms with Gasteiger partial charge in [-0.1, -0.05) is 12.1 Å². The van der Waals surface area contributed by atoms with Gasteiger partial charge in [0.25, 0.3) is 5.91 Å². The van der Waals surface area contributed by atoms with Crippen LogP contribution in [-0.4, -0.2) is 34.2 Å². The van der Waals surface area contributed by atoms with E-state index in [0.29, 0.717) is 11.3 Å². The van der Waals surface area contributed by atoms with Gasteiger partial charge in [0.15, 0.2) is 0 Å². The Balaban J connectivity index is 1.81. The topological polar surface area (TPSA) is 68.4 Å². The Morgan fingerprint density at radius 2 is 2.04 bits per heavy atom. The Labute approximate surface area is 158 Å². The third kappa shape index (κ3) is 5.43. The molecular formula is C18H20F3N3O2S. The number of hydrogen-bond acceptors (Lipinski definition) is 5. The van der Waals surface area contributed by atoms with Gasteiger partial charge in [0.1, 0.15) is 11.4 Å². The van der Waals surface area contributed by atoms with E-state index in [1.165, 1.54) is 29.5 Å². The lowest BCUT2D eigenvalue weighted by Crippen LogP contribution is -2.44. The Kier molecular flexibility index (Phi) is 6.01. The second kappa shape index (κ2) is 8.26. The predicted molar refractivity (Wildman–Crippen MR) is 95.3 cm³/mol. The SMILES string of the molecule is NC1CCC(N(Cc2cccc(OC(F)(F)F)c2)C(=O)c2cscn2)CC1. The monoisotopic (exact) mass is 399 g/mol. The molecule has 2 N–H and O–H groups in total. The van der Waals surface area contributed by atoms with E-state index in [9.17, 15) is 18.0 Å². The van der Waals surface area contributed by atoms with Crippen LogP contribution in [0.5, 0.6) is 5.75 Å². The molecule has 146 valence electrons. The van der Waals surface area contributed by atoms with E-state index < -0.39 is 6.36 Å². The first-order chi connectivity index (χ1) is 12.8. The summed E-state index contributed by atoms with van der Waals surface area (Å²) in [5, 5.41) is 1.67. The van der Waals surface area contributed by atoms with Crippen LogP contribution in [0.4, 0.5) is 13.2 Å². The highest BCUT2D eigenvalue weighted by atomic mass is 32.1. The number of rotatable bonds is 5. The molecule has 1 heterocycles. The minimum atomic E-state index is -4.76. The smallest absolute Gasteiger partial charge is 0.406 e. The zero-order valence-electron chi connectivity index (χ0n) is 14.5. The van der Waals surface area contributed by atoms with E-state index >= 15 is 0 Å². The maximum Gasteiger partial charge on any atom is 0.573 e. The van der Waals surface area contributed by atoms with Crippen molar-refractivity contribution >= 4 is 17.2 Å². The minimum absolute atomic E-state index is 0.0220. The van der Waals surface area contributed by atoms with Gasteiger partial charge < -0.3 is 15.4 Å². The number of aromatic nitrogens is 1. The first-order valence-corrected chi connectivity index (χ1v) is 9.55. The van der Waals surface area contributed by atoms with Crippen LogP contribution >= 0.6 is 11.3 Å². The summed E-state index contributed by atoms with van der Waals surface area (Å²) < 4.78 is 41.4. The first kappa shape index (κ1) is 19.6. The number of nitrogens with zero attached hydrogens (tertiary/aromatic N) is 2. The molecule has 5 nitrogen and oxygen atoms in total. The summed E-state index contributed by atoms with van der Waals surface area (Å²) in [6.45, 7) is 0.186. The van der Waals surface area contributed by atoms with E-state index in [4.69, 9.17) is 5.73 Å². The third-order valence-corrected chi connectivity index (χ3v) is 5.17. The van der Waals surface area contributed by atoms with Gasteiger partial charge in [0, 0.05) is 24.0 Å². The van der Waals surface area contributed by atoms with Crippen LogP contribution in [0.3, 0.4) is 0 Å². The standard InChI is InChI=1S/C18H20F3N3O2S/c19-18(20,21)26-15-3-1-2-12(8-15)9-24(14-6-4-13(22)5-7-14)17(25)16-10-27-11-23-16/h1-3,8,10-11,13-14H,4-7,9,22H2. The molecule has 1 aromatic carbocycles. The molecule has 0 unspecified atom stereocenters. The summed E-state index contributed by atoms with van der Waals surface area (Å²) in [7, 11) is 0. The van der Waals surface area contributed by atoms with Gasteiger partial charge in [-0.3, -0.25) is 4.79 Å². The first-order valence-electron chi connectivity index (χ1n) is 8.61. The Bertz CT molecular complexity index is 759. The number of nitrogens with two attached hydrogens (primary N) is 1. The highest BCUT2D eigenvalue weighted by Crippen LogP contribution is 2.28. The molecule has 0 atom stereocenters. The van der Waals surface area contributed by atoms with Crippen LogP contribution in [0, 0.1) is 0 Å². The van der Waals surface area contributed by atoms with Gasteiger partial charge in [0.05, 0.1) is 5.51 Å². The quantitative estimate of drug-likeness (QED) is 0.827. The zero-order valence-corrected chi connectivity index (χ0v) is 15.3. The van der Waals surface area contributed by atoms with Gasteiger partial charge >= 0.3 is 6.36 Å². The molecule has 1 fully saturated rings. The Morgan fingerprint density at radius 1 is 1.30 bits per heavy atom. The van der Waals surface area contributed by atoms with Crippen molar-refractivity contribution in [3.8, 4) is 5.75 Å².